The number of aromatic nitrogens is 2. The molecule has 21 heavy (non-hydrogen) atoms. The van der Waals surface area contributed by atoms with Gasteiger partial charge in [0.15, 0.2) is 0 Å². The molecule has 1 fully saturated rings. The second-order valence-corrected chi connectivity index (χ2v) is 5.86. The highest BCUT2D eigenvalue weighted by Crippen LogP contribution is 2.18. The molecule has 1 atom stereocenters. The first-order chi connectivity index (χ1) is 10.2. The van der Waals surface area contributed by atoms with Crippen LogP contribution in [0.5, 0.6) is 0 Å². The molecule has 3 rings (SSSR count). The van der Waals surface area contributed by atoms with E-state index in [9.17, 15) is 0 Å². The SMILES string of the molecule is Cc1nc(Cl)cc(NC2CCN(Cc3ccccc3)C2)n1. The lowest BCUT2D eigenvalue weighted by atomic mass is 10.2. The average Bonchev–Trinajstić information content (AvgIpc) is 2.86. The summed E-state index contributed by atoms with van der Waals surface area (Å²) in [4.78, 5) is 10.9. The second kappa shape index (κ2) is 6.41. The van der Waals surface area contributed by atoms with Gasteiger partial charge in [0.25, 0.3) is 0 Å². The van der Waals surface area contributed by atoms with Gasteiger partial charge in [-0.05, 0) is 18.9 Å². The maximum atomic E-state index is 5.97. The van der Waals surface area contributed by atoms with Crippen LogP contribution in [0.3, 0.4) is 0 Å². The molecule has 5 heteroatoms. The van der Waals surface area contributed by atoms with Crippen molar-refractivity contribution in [1.29, 1.82) is 0 Å². The molecule has 2 heterocycles. The number of nitrogens with one attached hydrogen (secondary N) is 1. The topological polar surface area (TPSA) is 41.1 Å². The number of aryl methyl sites for hydroxylation is 1. The molecule has 1 saturated heterocycles. The van der Waals surface area contributed by atoms with Crippen LogP contribution in [0.25, 0.3) is 0 Å². The molecule has 0 radical (unpaired) electrons. The predicted molar refractivity (Wildman–Crippen MR) is 85.5 cm³/mol. The number of likely N-dealkylation sites (tertiary alicyclic amines) is 1. The highest BCUT2D eigenvalue weighted by atomic mass is 35.5. The highest BCUT2D eigenvalue weighted by molar-refractivity contribution is 6.29. The first-order valence-corrected chi connectivity index (χ1v) is 7.61. The summed E-state index contributed by atoms with van der Waals surface area (Å²) in [6.45, 7) is 4.98. The molecule has 1 unspecified atom stereocenters. The summed E-state index contributed by atoms with van der Waals surface area (Å²) in [5.74, 6) is 1.52. The summed E-state index contributed by atoms with van der Waals surface area (Å²) in [6.07, 6.45) is 1.12. The van der Waals surface area contributed by atoms with Crippen LogP contribution in [0.4, 0.5) is 5.82 Å². The molecule has 110 valence electrons. The van der Waals surface area contributed by atoms with Gasteiger partial charge in [0.2, 0.25) is 0 Å². The van der Waals surface area contributed by atoms with Gasteiger partial charge in [-0.1, -0.05) is 41.9 Å². The molecule has 1 aliphatic heterocycles. The van der Waals surface area contributed by atoms with Crippen molar-refractivity contribution in [3.63, 3.8) is 0 Å². The Morgan fingerprint density at radius 2 is 2.10 bits per heavy atom. The normalized spacial score (nSPS) is 18.9. The zero-order valence-electron chi connectivity index (χ0n) is 12.1. The van der Waals surface area contributed by atoms with Crippen LogP contribution >= 0.6 is 11.6 Å². The Hall–Kier alpha value is -1.65. The van der Waals surface area contributed by atoms with E-state index in [4.69, 9.17) is 11.6 Å². The van der Waals surface area contributed by atoms with Crippen LogP contribution in [-0.4, -0.2) is 34.0 Å². The summed E-state index contributed by atoms with van der Waals surface area (Å²) in [5.41, 5.74) is 1.36. The number of rotatable bonds is 4. The van der Waals surface area contributed by atoms with E-state index in [2.05, 4.69) is 50.5 Å². The van der Waals surface area contributed by atoms with Gasteiger partial charge in [-0.15, -0.1) is 0 Å². The van der Waals surface area contributed by atoms with Crippen molar-refractivity contribution in [2.24, 2.45) is 0 Å². The number of halogens is 1. The van der Waals surface area contributed by atoms with Crippen molar-refractivity contribution >= 4 is 17.4 Å². The Morgan fingerprint density at radius 3 is 2.86 bits per heavy atom. The fraction of sp³-hybridized carbons (Fsp3) is 0.375. The summed E-state index contributed by atoms with van der Waals surface area (Å²) in [7, 11) is 0. The largest absolute Gasteiger partial charge is 0.366 e. The Bertz CT molecular complexity index is 582. The van der Waals surface area contributed by atoms with Crippen molar-refractivity contribution in [3.8, 4) is 0 Å². The fourth-order valence-corrected chi connectivity index (χ4v) is 2.98. The van der Waals surface area contributed by atoms with Crippen molar-refractivity contribution in [2.45, 2.75) is 25.9 Å². The van der Waals surface area contributed by atoms with E-state index in [0.717, 1.165) is 31.9 Å². The van der Waals surface area contributed by atoms with Crippen LogP contribution in [-0.2, 0) is 6.54 Å². The van der Waals surface area contributed by atoms with Crippen molar-refractivity contribution in [3.05, 3.63) is 52.9 Å². The lowest BCUT2D eigenvalue weighted by Crippen LogP contribution is -2.26. The minimum atomic E-state index is 0.416. The number of hydrogen-bond acceptors (Lipinski definition) is 4. The van der Waals surface area contributed by atoms with Crippen LogP contribution in [0.15, 0.2) is 36.4 Å². The lowest BCUT2D eigenvalue weighted by Gasteiger charge is -2.17. The molecule has 1 aliphatic rings. The summed E-state index contributed by atoms with van der Waals surface area (Å²) in [6, 6.07) is 12.8. The van der Waals surface area contributed by atoms with E-state index < -0.39 is 0 Å². The van der Waals surface area contributed by atoms with E-state index in [-0.39, 0.29) is 0 Å². The molecule has 1 N–H and O–H groups in total. The molecule has 0 amide bonds. The van der Waals surface area contributed by atoms with Gasteiger partial charge in [-0.25, -0.2) is 9.97 Å². The van der Waals surface area contributed by atoms with Gasteiger partial charge < -0.3 is 5.32 Å². The smallest absolute Gasteiger partial charge is 0.134 e. The third-order valence-corrected chi connectivity index (χ3v) is 3.87. The summed E-state index contributed by atoms with van der Waals surface area (Å²) < 4.78 is 0. The maximum absolute atomic E-state index is 5.97. The predicted octanol–water partition coefficient (Wildman–Crippen LogP) is 3.12. The monoisotopic (exact) mass is 302 g/mol. The molecular formula is C16H19ClN4. The fourth-order valence-electron chi connectivity index (χ4n) is 2.75. The van der Waals surface area contributed by atoms with E-state index in [1.54, 1.807) is 6.07 Å². The van der Waals surface area contributed by atoms with E-state index >= 15 is 0 Å². The van der Waals surface area contributed by atoms with Crippen LogP contribution in [0, 0.1) is 6.92 Å². The highest BCUT2D eigenvalue weighted by Gasteiger charge is 2.22. The van der Waals surface area contributed by atoms with Gasteiger partial charge in [-0.2, -0.15) is 0 Å². The number of anilines is 1. The van der Waals surface area contributed by atoms with Crippen LogP contribution in [0.1, 0.15) is 17.8 Å². The molecule has 0 aliphatic carbocycles. The first-order valence-electron chi connectivity index (χ1n) is 7.23. The first kappa shape index (κ1) is 14.3. The number of nitrogens with zero attached hydrogens (tertiary/aromatic N) is 3. The molecule has 0 saturated carbocycles. The minimum Gasteiger partial charge on any atom is -0.366 e. The van der Waals surface area contributed by atoms with Gasteiger partial charge in [0, 0.05) is 31.7 Å². The van der Waals surface area contributed by atoms with Gasteiger partial charge in [0.1, 0.15) is 16.8 Å². The lowest BCUT2D eigenvalue weighted by molar-refractivity contribution is 0.328. The van der Waals surface area contributed by atoms with Gasteiger partial charge >= 0.3 is 0 Å². The zero-order chi connectivity index (χ0) is 14.7. The molecule has 1 aromatic heterocycles. The second-order valence-electron chi connectivity index (χ2n) is 5.47. The Kier molecular flexibility index (Phi) is 4.36. The minimum absolute atomic E-state index is 0.416. The van der Waals surface area contributed by atoms with Crippen LogP contribution in [0.2, 0.25) is 5.15 Å². The standard InChI is InChI=1S/C16H19ClN4/c1-12-18-15(17)9-16(19-12)20-14-7-8-21(11-14)10-13-5-3-2-4-6-13/h2-6,9,14H,7-8,10-11H2,1H3,(H,18,19,20). The third-order valence-electron chi connectivity index (χ3n) is 3.68. The Balaban J connectivity index is 1.57. The third kappa shape index (κ3) is 3.93. The average molecular weight is 303 g/mol. The van der Waals surface area contributed by atoms with Crippen molar-refractivity contribution < 1.29 is 0 Å². The van der Waals surface area contributed by atoms with E-state index in [1.807, 2.05) is 6.92 Å². The van der Waals surface area contributed by atoms with Crippen molar-refractivity contribution in [1.82, 2.24) is 14.9 Å². The molecule has 0 bridgehead atoms. The molecule has 2 aromatic rings. The van der Waals surface area contributed by atoms with Crippen LogP contribution < -0.4 is 5.32 Å². The van der Waals surface area contributed by atoms with E-state index in [1.165, 1.54) is 5.56 Å². The Morgan fingerprint density at radius 1 is 1.29 bits per heavy atom. The summed E-state index contributed by atoms with van der Waals surface area (Å²) in [5, 5.41) is 3.95. The molecule has 4 nitrogen and oxygen atoms in total. The van der Waals surface area contributed by atoms with E-state index in [0.29, 0.717) is 17.0 Å². The Labute approximate surface area is 130 Å². The zero-order valence-corrected chi connectivity index (χ0v) is 12.8. The molecular weight excluding hydrogens is 284 g/mol. The number of benzene rings is 1. The number of hydrogen-bond donors (Lipinski definition) is 1. The van der Waals surface area contributed by atoms with Gasteiger partial charge in [-0.3, -0.25) is 4.90 Å². The quantitative estimate of drug-likeness (QED) is 0.881. The summed E-state index contributed by atoms with van der Waals surface area (Å²) >= 11 is 5.97. The molecule has 1 aromatic carbocycles. The van der Waals surface area contributed by atoms with Gasteiger partial charge in [0.05, 0.1) is 0 Å². The molecule has 0 spiro atoms. The maximum Gasteiger partial charge on any atom is 0.134 e. The van der Waals surface area contributed by atoms with Crippen molar-refractivity contribution in [2.75, 3.05) is 18.4 Å².